The van der Waals surface area contributed by atoms with E-state index in [1.165, 1.54) is 18.2 Å². The first-order valence-corrected chi connectivity index (χ1v) is 8.14. The Morgan fingerprint density at radius 2 is 2.25 bits per heavy atom. The van der Waals surface area contributed by atoms with E-state index >= 15 is 0 Å². The number of thiazole rings is 1. The predicted octanol–water partition coefficient (Wildman–Crippen LogP) is 3.55. The van der Waals surface area contributed by atoms with E-state index in [1.807, 2.05) is 18.4 Å². The molecule has 0 spiro atoms. The first-order valence-electron chi connectivity index (χ1n) is 7.26. The summed E-state index contributed by atoms with van der Waals surface area (Å²) in [6.07, 6.45) is 0. The lowest BCUT2D eigenvalue weighted by Crippen LogP contribution is -2.28. The van der Waals surface area contributed by atoms with Gasteiger partial charge in [0.1, 0.15) is 23.0 Å². The lowest BCUT2D eigenvalue weighted by molar-refractivity contribution is -0.123. The van der Waals surface area contributed by atoms with Crippen molar-refractivity contribution >= 4 is 17.2 Å². The third-order valence-corrected chi connectivity index (χ3v) is 3.93. The Bertz CT molecular complexity index is 844. The molecule has 0 fully saturated rings. The number of aryl methyl sites for hydroxylation is 1. The second kappa shape index (κ2) is 7.27. The Morgan fingerprint density at radius 3 is 3.00 bits per heavy atom. The number of rotatable bonds is 6. The maximum absolute atomic E-state index is 13.0. The van der Waals surface area contributed by atoms with Crippen LogP contribution in [0.4, 0.5) is 4.39 Å². The third-order valence-electron chi connectivity index (χ3n) is 3.16. The van der Waals surface area contributed by atoms with Crippen LogP contribution in [0.5, 0.6) is 5.75 Å². The molecule has 24 heavy (non-hydrogen) atoms. The summed E-state index contributed by atoms with van der Waals surface area (Å²) in [6, 6.07) is 9.25. The van der Waals surface area contributed by atoms with E-state index in [-0.39, 0.29) is 19.1 Å². The van der Waals surface area contributed by atoms with Crippen LogP contribution in [0.25, 0.3) is 11.5 Å². The summed E-state index contributed by atoms with van der Waals surface area (Å²) in [6.45, 7) is 1.98. The number of halogens is 1. The zero-order valence-electron chi connectivity index (χ0n) is 12.9. The number of ether oxygens (including phenoxy) is 1. The van der Waals surface area contributed by atoms with E-state index in [0.717, 1.165) is 10.7 Å². The lowest BCUT2D eigenvalue weighted by atomic mass is 10.3. The van der Waals surface area contributed by atoms with Crippen LogP contribution in [0.1, 0.15) is 10.8 Å². The van der Waals surface area contributed by atoms with Crippen LogP contribution >= 0.6 is 11.3 Å². The van der Waals surface area contributed by atoms with Gasteiger partial charge in [0, 0.05) is 11.4 Å². The number of benzene rings is 1. The number of hydrogen-bond acceptors (Lipinski definition) is 5. The van der Waals surface area contributed by atoms with Gasteiger partial charge in [-0.15, -0.1) is 11.3 Å². The summed E-state index contributed by atoms with van der Waals surface area (Å²) in [5.41, 5.74) is 0.782. The van der Waals surface area contributed by atoms with Gasteiger partial charge in [-0.2, -0.15) is 0 Å². The fraction of sp³-hybridized carbons (Fsp3) is 0.176. The zero-order chi connectivity index (χ0) is 16.9. The van der Waals surface area contributed by atoms with Gasteiger partial charge in [-0.3, -0.25) is 4.79 Å². The molecule has 0 aliphatic heterocycles. The number of furan rings is 1. The number of hydrogen-bond donors (Lipinski definition) is 1. The molecular weight excluding hydrogens is 331 g/mol. The van der Waals surface area contributed by atoms with Crippen LogP contribution in [0.15, 0.2) is 46.2 Å². The van der Waals surface area contributed by atoms with Gasteiger partial charge < -0.3 is 14.5 Å². The second-order valence-electron chi connectivity index (χ2n) is 5.04. The summed E-state index contributed by atoms with van der Waals surface area (Å²) in [4.78, 5) is 16.1. The van der Waals surface area contributed by atoms with Crippen molar-refractivity contribution in [2.75, 3.05) is 6.61 Å². The minimum Gasteiger partial charge on any atom is -0.484 e. The molecule has 124 valence electrons. The van der Waals surface area contributed by atoms with Crippen molar-refractivity contribution < 1.29 is 18.3 Å². The average Bonchev–Trinajstić information content (AvgIpc) is 3.20. The molecule has 1 N–H and O–H groups in total. The van der Waals surface area contributed by atoms with Crippen LogP contribution in [-0.4, -0.2) is 17.5 Å². The predicted molar refractivity (Wildman–Crippen MR) is 88.3 cm³/mol. The first kappa shape index (κ1) is 16.2. The fourth-order valence-electron chi connectivity index (χ4n) is 2.03. The van der Waals surface area contributed by atoms with Crippen LogP contribution in [0.3, 0.4) is 0 Å². The summed E-state index contributed by atoms with van der Waals surface area (Å²) >= 11 is 1.55. The number of aromatic nitrogens is 1. The van der Waals surface area contributed by atoms with Crippen LogP contribution in [0.2, 0.25) is 0 Å². The zero-order valence-corrected chi connectivity index (χ0v) is 13.7. The van der Waals surface area contributed by atoms with Crippen molar-refractivity contribution in [3.8, 4) is 17.2 Å². The van der Waals surface area contributed by atoms with E-state index in [1.54, 1.807) is 23.5 Å². The number of carbonyl (C=O) groups excluding carboxylic acids is 1. The van der Waals surface area contributed by atoms with Crippen molar-refractivity contribution in [2.45, 2.75) is 13.5 Å². The van der Waals surface area contributed by atoms with Gasteiger partial charge in [0.2, 0.25) is 0 Å². The molecule has 3 rings (SSSR count). The maximum Gasteiger partial charge on any atom is 0.258 e. The number of nitrogens with zero attached hydrogens (tertiary/aromatic N) is 1. The lowest BCUT2D eigenvalue weighted by Gasteiger charge is -2.06. The number of carbonyl (C=O) groups is 1. The third kappa shape index (κ3) is 4.20. The Hall–Kier alpha value is -2.67. The molecule has 0 aliphatic rings. The second-order valence-corrected chi connectivity index (χ2v) is 6.10. The van der Waals surface area contributed by atoms with Gasteiger partial charge in [-0.05, 0) is 31.2 Å². The Balaban J connectivity index is 1.49. The molecule has 0 atom stereocenters. The highest BCUT2D eigenvalue weighted by Crippen LogP contribution is 2.23. The molecule has 0 saturated heterocycles. The SMILES string of the molecule is Cc1nc(-c2ccc(CNC(=O)COc3cccc(F)c3)o2)cs1. The van der Waals surface area contributed by atoms with Gasteiger partial charge in [-0.25, -0.2) is 9.37 Å². The molecule has 0 unspecified atom stereocenters. The van der Waals surface area contributed by atoms with Crippen LogP contribution in [-0.2, 0) is 11.3 Å². The Morgan fingerprint density at radius 1 is 1.38 bits per heavy atom. The van der Waals surface area contributed by atoms with Crippen LogP contribution < -0.4 is 10.1 Å². The van der Waals surface area contributed by atoms with Crippen molar-refractivity contribution in [1.82, 2.24) is 10.3 Å². The smallest absolute Gasteiger partial charge is 0.258 e. The molecule has 0 saturated carbocycles. The van der Waals surface area contributed by atoms with Crippen molar-refractivity contribution in [3.05, 3.63) is 58.4 Å². The van der Waals surface area contributed by atoms with E-state index < -0.39 is 5.82 Å². The number of nitrogens with one attached hydrogen (secondary N) is 1. The largest absolute Gasteiger partial charge is 0.484 e. The van der Waals surface area contributed by atoms with Crippen molar-refractivity contribution in [3.63, 3.8) is 0 Å². The first-order chi connectivity index (χ1) is 11.6. The summed E-state index contributed by atoms with van der Waals surface area (Å²) in [5, 5.41) is 5.57. The molecule has 5 nitrogen and oxygen atoms in total. The molecule has 7 heteroatoms. The van der Waals surface area contributed by atoms with Crippen molar-refractivity contribution in [2.24, 2.45) is 0 Å². The minimum absolute atomic E-state index is 0.192. The standard InChI is InChI=1S/C17H15FN2O3S/c1-11-20-15(10-24-11)16-6-5-14(23-16)8-19-17(21)9-22-13-4-2-3-12(18)7-13/h2-7,10H,8-9H2,1H3,(H,19,21). The highest BCUT2D eigenvalue weighted by atomic mass is 32.1. The minimum atomic E-state index is -0.409. The summed E-state index contributed by atoms with van der Waals surface area (Å²) in [7, 11) is 0. The maximum atomic E-state index is 13.0. The quantitative estimate of drug-likeness (QED) is 0.741. The monoisotopic (exact) mass is 346 g/mol. The molecule has 1 amide bonds. The molecule has 1 aromatic carbocycles. The molecular formula is C17H15FN2O3S. The van der Waals surface area contributed by atoms with Crippen LogP contribution in [0, 0.1) is 12.7 Å². The van der Waals surface area contributed by atoms with E-state index in [9.17, 15) is 9.18 Å². The van der Waals surface area contributed by atoms with E-state index in [4.69, 9.17) is 9.15 Å². The highest BCUT2D eigenvalue weighted by molar-refractivity contribution is 7.09. The fourth-order valence-corrected chi connectivity index (χ4v) is 2.63. The highest BCUT2D eigenvalue weighted by Gasteiger charge is 2.09. The molecule has 2 heterocycles. The van der Waals surface area contributed by atoms with Gasteiger partial charge >= 0.3 is 0 Å². The van der Waals surface area contributed by atoms with Gasteiger partial charge in [-0.1, -0.05) is 6.07 Å². The van der Waals surface area contributed by atoms with Gasteiger partial charge in [0.25, 0.3) is 5.91 Å². The Labute approximate surface area is 142 Å². The van der Waals surface area contributed by atoms with Gasteiger partial charge in [0.05, 0.1) is 11.6 Å². The number of amides is 1. The summed E-state index contributed by atoms with van der Waals surface area (Å²) < 4.78 is 23.9. The van der Waals surface area contributed by atoms with E-state index in [2.05, 4.69) is 10.3 Å². The van der Waals surface area contributed by atoms with E-state index in [0.29, 0.717) is 17.3 Å². The topological polar surface area (TPSA) is 64.4 Å². The molecule has 0 radical (unpaired) electrons. The molecule has 3 aromatic rings. The molecule has 0 aliphatic carbocycles. The van der Waals surface area contributed by atoms with Gasteiger partial charge in [0.15, 0.2) is 12.4 Å². The average molecular weight is 346 g/mol. The normalized spacial score (nSPS) is 10.6. The molecule has 2 aromatic heterocycles. The molecule has 0 bridgehead atoms. The Kier molecular flexibility index (Phi) is 4.90. The summed E-state index contributed by atoms with van der Waals surface area (Å²) in [5.74, 6) is 0.869. The van der Waals surface area contributed by atoms with Crippen molar-refractivity contribution in [1.29, 1.82) is 0 Å².